The molecule has 1 unspecified atom stereocenters. The number of likely N-dealkylation sites (tertiary alicyclic amines) is 1. The maximum atomic E-state index is 12.7. The number of carbonyl (C=O) groups is 2. The molecule has 1 atom stereocenters. The zero-order valence-electron chi connectivity index (χ0n) is 14.9. The second kappa shape index (κ2) is 7.95. The second-order valence-electron chi connectivity index (χ2n) is 6.16. The number of anilines is 1. The van der Waals surface area contributed by atoms with Gasteiger partial charge in [0.2, 0.25) is 5.91 Å². The standard InChI is InChI=1S/C19H22N2O5/c1-24-15-9-14(10-16(11-15)25-2)20-18(22)13-5-3-7-21(12-13)19(23)17-6-4-8-26-17/h4,6,8-11,13H,3,5,7,12H2,1-2H3,(H,20,22). The van der Waals surface area contributed by atoms with Crippen LogP contribution in [0.2, 0.25) is 0 Å². The van der Waals surface area contributed by atoms with Crippen LogP contribution in [0.3, 0.4) is 0 Å². The summed E-state index contributed by atoms with van der Waals surface area (Å²) in [5, 5.41) is 2.89. The number of benzene rings is 1. The molecule has 1 aliphatic rings. The Balaban J connectivity index is 1.67. The highest BCUT2D eigenvalue weighted by molar-refractivity contribution is 5.95. The van der Waals surface area contributed by atoms with Crippen molar-refractivity contribution in [3.05, 3.63) is 42.4 Å². The SMILES string of the molecule is COc1cc(NC(=O)C2CCCN(C(=O)c3ccco3)C2)cc(OC)c1. The number of ether oxygens (including phenoxy) is 2. The predicted molar refractivity (Wildman–Crippen MR) is 95.5 cm³/mol. The number of methoxy groups -OCH3 is 2. The lowest BCUT2D eigenvalue weighted by Gasteiger charge is -2.31. The van der Waals surface area contributed by atoms with Crippen LogP contribution in [0.1, 0.15) is 23.4 Å². The molecule has 1 N–H and O–H groups in total. The first-order valence-electron chi connectivity index (χ1n) is 8.47. The maximum Gasteiger partial charge on any atom is 0.289 e. The van der Waals surface area contributed by atoms with Crippen LogP contribution in [-0.2, 0) is 4.79 Å². The summed E-state index contributed by atoms with van der Waals surface area (Å²) in [5.74, 6) is 0.895. The van der Waals surface area contributed by atoms with Crippen molar-refractivity contribution in [2.75, 3.05) is 32.6 Å². The summed E-state index contributed by atoms with van der Waals surface area (Å²) in [6, 6.07) is 8.51. The molecular weight excluding hydrogens is 336 g/mol. The van der Waals surface area contributed by atoms with E-state index in [1.54, 1.807) is 49.5 Å². The first kappa shape index (κ1) is 17.8. The van der Waals surface area contributed by atoms with Crippen LogP contribution >= 0.6 is 0 Å². The summed E-state index contributed by atoms with van der Waals surface area (Å²) in [4.78, 5) is 26.8. The molecule has 7 nitrogen and oxygen atoms in total. The molecule has 7 heteroatoms. The van der Waals surface area contributed by atoms with Crippen molar-refractivity contribution >= 4 is 17.5 Å². The predicted octanol–water partition coefficient (Wildman–Crippen LogP) is 2.79. The van der Waals surface area contributed by atoms with E-state index in [0.29, 0.717) is 36.0 Å². The van der Waals surface area contributed by atoms with Gasteiger partial charge in [0.15, 0.2) is 5.76 Å². The molecule has 2 amide bonds. The smallest absolute Gasteiger partial charge is 0.289 e. The molecular formula is C19H22N2O5. The molecule has 0 aliphatic carbocycles. The number of piperidine rings is 1. The summed E-state index contributed by atoms with van der Waals surface area (Å²) in [6.07, 6.45) is 2.97. The van der Waals surface area contributed by atoms with Gasteiger partial charge in [-0.3, -0.25) is 9.59 Å². The number of hydrogen-bond donors (Lipinski definition) is 1. The van der Waals surface area contributed by atoms with Gasteiger partial charge in [-0.25, -0.2) is 0 Å². The van der Waals surface area contributed by atoms with Gasteiger partial charge in [0.25, 0.3) is 5.91 Å². The van der Waals surface area contributed by atoms with Gasteiger partial charge in [-0.15, -0.1) is 0 Å². The van der Waals surface area contributed by atoms with Crippen molar-refractivity contribution in [1.29, 1.82) is 0 Å². The minimum Gasteiger partial charge on any atom is -0.497 e. The molecule has 1 aromatic carbocycles. The first-order chi connectivity index (χ1) is 12.6. The van der Waals surface area contributed by atoms with Crippen molar-refractivity contribution in [2.45, 2.75) is 12.8 Å². The molecule has 26 heavy (non-hydrogen) atoms. The Bertz CT molecular complexity index is 750. The van der Waals surface area contributed by atoms with Gasteiger partial charge in [-0.05, 0) is 25.0 Å². The maximum absolute atomic E-state index is 12.7. The van der Waals surface area contributed by atoms with Gasteiger partial charge < -0.3 is 24.1 Å². The highest BCUT2D eigenvalue weighted by Gasteiger charge is 2.30. The second-order valence-corrected chi connectivity index (χ2v) is 6.16. The Labute approximate surface area is 151 Å². The van der Waals surface area contributed by atoms with Gasteiger partial charge in [0, 0.05) is 37.0 Å². The highest BCUT2D eigenvalue weighted by Crippen LogP contribution is 2.27. The van der Waals surface area contributed by atoms with Crippen molar-refractivity contribution in [1.82, 2.24) is 4.90 Å². The van der Waals surface area contributed by atoms with Crippen LogP contribution in [0.4, 0.5) is 5.69 Å². The monoisotopic (exact) mass is 358 g/mol. The molecule has 0 bridgehead atoms. The molecule has 1 aromatic heterocycles. The van der Waals surface area contributed by atoms with Gasteiger partial charge in [-0.1, -0.05) is 0 Å². The van der Waals surface area contributed by atoms with E-state index in [4.69, 9.17) is 13.9 Å². The Morgan fingerprint density at radius 2 is 1.92 bits per heavy atom. The minimum atomic E-state index is -0.278. The largest absolute Gasteiger partial charge is 0.497 e. The molecule has 0 radical (unpaired) electrons. The van der Waals surface area contributed by atoms with E-state index in [-0.39, 0.29) is 17.7 Å². The van der Waals surface area contributed by atoms with E-state index in [9.17, 15) is 9.59 Å². The lowest BCUT2D eigenvalue weighted by molar-refractivity contribution is -0.121. The Morgan fingerprint density at radius 1 is 1.19 bits per heavy atom. The topological polar surface area (TPSA) is 81.0 Å². The zero-order chi connectivity index (χ0) is 18.5. The van der Waals surface area contributed by atoms with Crippen molar-refractivity contribution < 1.29 is 23.5 Å². The molecule has 2 heterocycles. The number of rotatable bonds is 5. The van der Waals surface area contributed by atoms with Gasteiger partial charge in [0.05, 0.1) is 26.4 Å². The van der Waals surface area contributed by atoms with Crippen LogP contribution in [0.25, 0.3) is 0 Å². The van der Waals surface area contributed by atoms with E-state index in [0.717, 1.165) is 12.8 Å². The van der Waals surface area contributed by atoms with Crippen LogP contribution < -0.4 is 14.8 Å². The number of furan rings is 1. The summed E-state index contributed by atoms with van der Waals surface area (Å²) < 4.78 is 15.6. The third-order valence-electron chi connectivity index (χ3n) is 4.43. The molecule has 138 valence electrons. The fourth-order valence-corrected chi connectivity index (χ4v) is 3.06. The minimum absolute atomic E-state index is 0.128. The fraction of sp³-hybridized carbons (Fsp3) is 0.368. The summed E-state index contributed by atoms with van der Waals surface area (Å²) in [5.41, 5.74) is 0.598. The van der Waals surface area contributed by atoms with Crippen LogP contribution in [0.5, 0.6) is 11.5 Å². The summed E-state index contributed by atoms with van der Waals surface area (Å²) >= 11 is 0. The van der Waals surface area contributed by atoms with Crippen molar-refractivity contribution in [3.8, 4) is 11.5 Å². The third kappa shape index (κ3) is 3.99. The van der Waals surface area contributed by atoms with Crippen molar-refractivity contribution in [3.63, 3.8) is 0 Å². The molecule has 0 saturated carbocycles. The zero-order valence-corrected chi connectivity index (χ0v) is 14.9. The van der Waals surface area contributed by atoms with E-state index in [2.05, 4.69) is 5.32 Å². The fourth-order valence-electron chi connectivity index (χ4n) is 3.06. The highest BCUT2D eigenvalue weighted by atomic mass is 16.5. The Hall–Kier alpha value is -2.96. The number of hydrogen-bond acceptors (Lipinski definition) is 5. The average Bonchev–Trinajstić information content (AvgIpc) is 3.21. The average molecular weight is 358 g/mol. The number of nitrogens with one attached hydrogen (secondary N) is 1. The lowest BCUT2D eigenvalue weighted by Crippen LogP contribution is -2.43. The van der Waals surface area contributed by atoms with Crippen LogP contribution in [-0.4, -0.2) is 44.0 Å². The van der Waals surface area contributed by atoms with E-state index in [1.807, 2.05) is 0 Å². The normalized spacial score (nSPS) is 16.8. The molecule has 1 fully saturated rings. The molecule has 3 rings (SSSR count). The molecule has 1 aliphatic heterocycles. The van der Waals surface area contributed by atoms with Gasteiger partial charge >= 0.3 is 0 Å². The molecule has 0 spiro atoms. The summed E-state index contributed by atoms with van der Waals surface area (Å²) in [6.45, 7) is 0.989. The first-order valence-corrected chi connectivity index (χ1v) is 8.47. The van der Waals surface area contributed by atoms with E-state index >= 15 is 0 Å². The molecule has 2 aromatic rings. The van der Waals surface area contributed by atoms with E-state index in [1.165, 1.54) is 6.26 Å². The van der Waals surface area contributed by atoms with Gasteiger partial charge in [0.1, 0.15) is 11.5 Å². The van der Waals surface area contributed by atoms with Gasteiger partial charge in [-0.2, -0.15) is 0 Å². The third-order valence-corrected chi connectivity index (χ3v) is 4.43. The Morgan fingerprint density at radius 3 is 2.54 bits per heavy atom. The van der Waals surface area contributed by atoms with Crippen LogP contribution in [0.15, 0.2) is 41.0 Å². The lowest BCUT2D eigenvalue weighted by atomic mass is 9.96. The number of nitrogens with zero attached hydrogens (tertiary/aromatic N) is 1. The summed E-state index contributed by atoms with van der Waals surface area (Å²) in [7, 11) is 3.11. The van der Waals surface area contributed by atoms with E-state index < -0.39 is 0 Å². The molecule has 1 saturated heterocycles. The number of carbonyl (C=O) groups excluding carboxylic acids is 2. The van der Waals surface area contributed by atoms with Crippen LogP contribution in [0, 0.1) is 5.92 Å². The quantitative estimate of drug-likeness (QED) is 0.889. The number of amides is 2. The Kier molecular flexibility index (Phi) is 5.46. The van der Waals surface area contributed by atoms with Crippen molar-refractivity contribution in [2.24, 2.45) is 5.92 Å².